The van der Waals surface area contributed by atoms with Crippen molar-refractivity contribution in [3.05, 3.63) is 53.3 Å². The normalized spacial score (nSPS) is 11.8. The lowest BCUT2D eigenvalue weighted by Crippen LogP contribution is -1.98. The SMILES string of the molecule is Cc1c2cc[nH]c(CCO)c2c(C)c2c1nc1ccccc12. The van der Waals surface area contributed by atoms with Gasteiger partial charge >= 0.3 is 0 Å². The summed E-state index contributed by atoms with van der Waals surface area (Å²) >= 11 is 0. The molecule has 0 aliphatic carbocycles. The molecule has 110 valence electrons. The molecular formula is C19H18N2O. The summed E-state index contributed by atoms with van der Waals surface area (Å²) in [7, 11) is 0. The predicted octanol–water partition coefficient (Wildman–Crippen LogP) is 4.02. The highest BCUT2D eigenvalue weighted by atomic mass is 16.3. The lowest BCUT2D eigenvalue weighted by atomic mass is 9.94. The number of aromatic amines is 1. The number of hydrogen-bond donors (Lipinski definition) is 2. The third-order valence-electron chi connectivity index (χ3n) is 4.59. The molecule has 2 aromatic carbocycles. The quantitative estimate of drug-likeness (QED) is 0.586. The first-order valence-corrected chi connectivity index (χ1v) is 7.61. The van der Waals surface area contributed by atoms with Gasteiger partial charge in [-0.25, -0.2) is 4.98 Å². The molecule has 0 atom stereocenters. The van der Waals surface area contributed by atoms with E-state index in [2.05, 4.69) is 43.1 Å². The topological polar surface area (TPSA) is 48.9 Å². The van der Waals surface area contributed by atoms with Gasteiger partial charge in [0.1, 0.15) is 0 Å². The molecule has 4 rings (SSSR count). The number of nitrogens with zero attached hydrogens (tertiary/aromatic N) is 1. The Hall–Kier alpha value is -2.39. The van der Waals surface area contributed by atoms with E-state index in [0.717, 1.165) is 16.7 Å². The summed E-state index contributed by atoms with van der Waals surface area (Å²) in [5, 5.41) is 14.2. The first kappa shape index (κ1) is 13.3. The van der Waals surface area contributed by atoms with Crippen LogP contribution in [0.1, 0.15) is 16.8 Å². The van der Waals surface area contributed by atoms with E-state index in [4.69, 9.17) is 4.98 Å². The van der Waals surface area contributed by atoms with Crippen LogP contribution in [0.2, 0.25) is 0 Å². The van der Waals surface area contributed by atoms with E-state index in [9.17, 15) is 5.11 Å². The number of pyridine rings is 1. The van der Waals surface area contributed by atoms with Crippen LogP contribution in [-0.2, 0) is 6.42 Å². The van der Waals surface area contributed by atoms with Gasteiger partial charge in [0.15, 0.2) is 0 Å². The summed E-state index contributed by atoms with van der Waals surface area (Å²) in [5.41, 5.74) is 5.68. The number of H-pyrrole nitrogens is 1. The number of nitrogens with one attached hydrogen (secondary N) is 1. The highest BCUT2D eigenvalue weighted by Gasteiger charge is 2.16. The van der Waals surface area contributed by atoms with E-state index in [1.807, 2.05) is 12.3 Å². The molecule has 0 radical (unpaired) electrons. The van der Waals surface area contributed by atoms with Crippen LogP contribution in [0.3, 0.4) is 0 Å². The summed E-state index contributed by atoms with van der Waals surface area (Å²) in [6.45, 7) is 4.44. The zero-order valence-corrected chi connectivity index (χ0v) is 12.8. The average Bonchev–Trinajstić information content (AvgIpc) is 2.93. The second-order valence-corrected chi connectivity index (χ2v) is 5.82. The lowest BCUT2D eigenvalue weighted by molar-refractivity contribution is 0.298. The Balaban J connectivity index is 2.28. The van der Waals surface area contributed by atoms with E-state index < -0.39 is 0 Å². The van der Waals surface area contributed by atoms with Crippen molar-refractivity contribution in [2.45, 2.75) is 20.3 Å². The number of hydrogen-bond acceptors (Lipinski definition) is 2. The van der Waals surface area contributed by atoms with Crippen LogP contribution >= 0.6 is 0 Å². The highest BCUT2D eigenvalue weighted by molar-refractivity contribution is 6.16. The van der Waals surface area contributed by atoms with Crippen molar-refractivity contribution in [1.29, 1.82) is 0 Å². The zero-order chi connectivity index (χ0) is 15.3. The van der Waals surface area contributed by atoms with Crippen molar-refractivity contribution in [3.8, 4) is 0 Å². The molecule has 2 aromatic heterocycles. The number of rotatable bonds is 2. The lowest BCUT2D eigenvalue weighted by Gasteiger charge is -2.13. The number of aryl methyl sites for hydroxylation is 2. The van der Waals surface area contributed by atoms with Gasteiger partial charge in [0.05, 0.1) is 11.0 Å². The Kier molecular flexibility index (Phi) is 2.91. The molecular weight excluding hydrogens is 272 g/mol. The van der Waals surface area contributed by atoms with E-state index in [1.165, 1.54) is 32.7 Å². The van der Waals surface area contributed by atoms with Crippen LogP contribution in [0.15, 0.2) is 36.5 Å². The fraction of sp³-hybridized carbons (Fsp3) is 0.211. The van der Waals surface area contributed by atoms with Crippen LogP contribution < -0.4 is 0 Å². The smallest absolute Gasteiger partial charge is 0.0754 e. The standard InChI is InChI=1S/C19H18N2O/c1-11-13-7-9-20-16(8-10-22)17(13)12(2)18-14-5-3-4-6-15(14)21-19(11)18/h3-7,9,20,22H,8,10H2,1-2H3. The van der Waals surface area contributed by atoms with Gasteiger partial charge in [0, 0.05) is 41.1 Å². The predicted molar refractivity (Wildman–Crippen MR) is 91.4 cm³/mol. The summed E-state index contributed by atoms with van der Waals surface area (Å²) < 4.78 is 0. The molecule has 3 heteroatoms. The molecule has 0 fully saturated rings. The van der Waals surface area contributed by atoms with Gasteiger partial charge in [-0.2, -0.15) is 0 Å². The van der Waals surface area contributed by atoms with Crippen molar-refractivity contribution in [3.63, 3.8) is 0 Å². The van der Waals surface area contributed by atoms with Crippen LogP contribution in [0.25, 0.3) is 32.6 Å². The number of aliphatic hydroxyl groups is 1. The second kappa shape index (κ2) is 4.82. The van der Waals surface area contributed by atoms with Gasteiger partial charge < -0.3 is 10.1 Å². The average molecular weight is 290 g/mol. The van der Waals surface area contributed by atoms with Crippen molar-refractivity contribution in [2.75, 3.05) is 6.61 Å². The van der Waals surface area contributed by atoms with Gasteiger partial charge in [0.25, 0.3) is 0 Å². The van der Waals surface area contributed by atoms with Gasteiger partial charge in [0.2, 0.25) is 0 Å². The van der Waals surface area contributed by atoms with Crippen LogP contribution in [0, 0.1) is 13.8 Å². The van der Waals surface area contributed by atoms with Crippen LogP contribution in [-0.4, -0.2) is 21.7 Å². The van der Waals surface area contributed by atoms with Crippen molar-refractivity contribution in [1.82, 2.24) is 9.97 Å². The third kappa shape index (κ3) is 1.69. The number of aliphatic hydroxyl groups excluding tert-OH is 1. The number of benzene rings is 2. The molecule has 3 nitrogen and oxygen atoms in total. The Labute approximate surface area is 128 Å². The van der Waals surface area contributed by atoms with Crippen LogP contribution in [0.4, 0.5) is 0 Å². The van der Waals surface area contributed by atoms with Gasteiger partial charge in [-0.1, -0.05) is 18.2 Å². The minimum absolute atomic E-state index is 0.145. The summed E-state index contributed by atoms with van der Waals surface area (Å²) in [6, 6.07) is 10.4. The van der Waals surface area contributed by atoms with E-state index in [-0.39, 0.29) is 6.61 Å². The maximum Gasteiger partial charge on any atom is 0.0754 e. The Morgan fingerprint density at radius 3 is 2.64 bits per heavy atom. The molecule has 2 heterocycles. The number of para-hydroxylation sites is 1. The summed E-state index contributed by atoms with van der Waals surface area (Å²) in [5.74, 6) is 0. The molecule has 0 aliphatic rings. The van der Waals surface area contributed by atoms with Crippen molar-refractivity contribution in [2.24, 2.45) is 0 Å². The minimum atomic E-state index is 0.145. The molecule has 0 aliphatic heterocycles. The molecule has 2 N–H and O–H groups in total. The Morgan fingerprint density at radius 1 is 1.00 bits per heavy atom. The second-order valence-electron chi connectivity index (χ2n) is 5.82. The fourth-order valence-corrected chi connectivity index (χ4v) is 3.58. The molecule has 22 heavy (non-hydrogen) atoms. The van der Waals surface area contributed by atoms with Crippen molar-refractivity contribution < 1.29 is 5.11 Å². The van der Waals surface area contributed by atoms with E-state index in [1.54, 1.807) is 0 Å². The van der Waals surface area contributed by atoms with Crippen molar-refractivity contribution >= 4 is 32.6 Å². The highest BCUT2D eigenvalue weighted by Crippen LogP contribution is 2.37. The maximum atomic E-state index is 9.35. The first-order chi connectivity index (χ1) is 10.7. The molecule has 0 saturated carbocycles. The molecule has 0 spiro atoms. The Bertz CT molecular complexity index is 1010. The molecule has 0 bridgehead atoms. The molecule has 0 unspecified atom stereocenters. The number of fused-ring (bicyclic) bond motifs is 4. The first-order valence-electron chi connectivity index (χ1n) is 7.61. The van der Waals surface area contributed by atoms with Gasteiger partial charge in [-0.3, -0.25) is 0 Å². The molecule has 0 saturated heterocycles. The third-order valence-corrected chi connectivity index (χ3v) is 4.59. The zero-order valence-electron chi connectivity index (χ0n) is 12.8. The van der Waals surface area contributed by atoms with Gasteiger partial charge in [-0.15, -0.1) is 0 Å². The fourth-order valence-electron chi connectivity index (χ4n) is 3.58. The summed E-state index contributed by atoms with van der Waals surface area (Å²) in [4.78, 5) is 8.15. The molecule has 0 amide bonds. The largest absolute Gasteiger partial charge is 0.396 e. The van der Waals surface area contributed by atoms with E-state index >= 15 is 0 Å². The monoisotopic (exact) mass is 290 g/mol. The molecule has 4 aromatic rings. The van der Waals surface area contributed by atoms with Crippen LogP contribution in [0.5, 0.6) is 0 Å². The van der Waals surface area contributed by atoms with E-state index in [0.29, 0.717) is 6.42 Å². The summed E-state index contributed by atoms with van der Waals surface area (Å²) in [6.07, 6.45) is 2.59. The number of aromatic nitrogens is 2. The maximum absolute atomic E-state index is 9.35. The minimum Gasteiger partial charge on any atom is -0.396 e. The van der Waals surface area contributed by atoms with Gasteiger partial charge in [-0.05, 0) is 42.5 Å². The Morgan fingerprint density at radius 2 is 1.82 bits per heavy atom.